The fraction of sp³-hybridized carbons (Fsp3) is 0.130. The molecule has 1 amide bonds. The molecule has 2 aromatic heterocycles. The molecule has 0 fully saturated rings. The molecule has 0 bridgehead atoms. The molecule has 0 spiro atoms. The number of rotatable bonds is 6. The maximum Gasteiger partial charge on any atom is 0.269 e. The van der Waals surface area contributed by atoms with Crippen molar-refractivity contribution in [2.75, 3.05) is 7.11 Å². The number of methoxy groups -OCH3 is 1. The molecule has 0 aliphatic heterocycles. The van der Waals surface area contributed by atoms with Crippen LogP contribution < -0.4 is 10.1 Å². The highest BCUT2D eigenvalue weighted by Crippen LogP contribution is 2.22. The SMILES string of the molecule is COc1ccc(-c2cc(CNC(=O)c3cc(-c4ccc(F)c(F)c4)nn3C)ncn2)cc1. The second-order valence-corrected chi connectivity index (χ2v) is 6.97. The molecule has 2 aromatic carbocycles. The lowest BCUT2D eigenvalue weighted by Gasteiger charge is -2.07. The maximum absolute atomic E-state index is 13.5. The van der Waals surface area contributed by atoms with Gasteiger partial charge in [0.05, 0.1) is 30.7 Å². The second-order valence-electron chi connectivity index (χ2n) is 6.97. The first kappa shape index (κ1) is 21.1. The Morgan fingerprint density at radius 2 is 1.72 bits per heavy atom. The Morgan fingerprint density at radius 1 is 0.969 bits per heavy atom. The summed E-state index contributed by atoms with van der Waals surface area (Å²) >= 11 is 0. The van der Waals surface area contributed by atoms with Gasteiger partial charge in [-0.15, -0.1) is 0 Å². The molecular formula is C23H19F2N5O2. The minimum Gasteiger partial charge on any atom is -0.497 e. The summed E-state index contributed by atoms with van der Waals surface area (Å²) in [5.41, 5.74) is 3.24. The number of hydrogen-bond acceptors (Lipinski definition) is 5. The molecule has 0 saturated carbocycles. The van der Waals surface area contributed by atoms with Crippen LogP contribution in [-0.2, 0) is 13.6 Å². The second kappa shape index (κ2) is 8.93. The van der Waals surface area contributed by atoms with E-state index in [-0.39, 0.29) is 18.1 Å². The van der Waals surface area contributed by atoms with Crippen molar-refractivity contribution in [1.82, 2.24) is 25.1 Å². The molecule has 162 valence electrons. The zero-order chi connectivity index (χ0) is 22.7. The lowest BCUT2D eigenvalue weighted by atomic mass is 10.1. The number of carbonyl (C=O) groups excluding carboxylic acids is 1. The summed E-state index contributed by atoms with van der Waals surface area (Å²) < 4.78 is 33.3. The van der Waals surface area contributed by atoms with Crippen LogP contribution in [0.5, 0.6) is 5.75 Å². The van der Waals surface area contributed by atoms with Crippen LogP contribution in [0, 0.1) is 11.6 Å². The van der Waals surface area contributed by atoms with E-state index in [1.54, 1.807) is 20.2 Å². The number of nitrogens with zero attached hydrogens (tertiary/aromatic N) is 4. The first-order chi connectivity index (χ1) is 15.4. The summed E-state index contributed by atoms with van der Waals surface area (Å²) in [6.07, 6.45) is 1.44. The van der Waals surface area contributed by atoms with Gasteiger partial charge in [0.2, 0.25) is 0 Å². The van der Waals surface area contributed by atoms with Gasteiger partial charge in [0, 0.05) is 18.2 Å². The number of aromatic nitrogens is 4. The van der Waals surface area contributed by atoms with Gasteiger partial charge in [0.25, 0.3) is 5.91 Å². The van der Waals surface area contributed by atoms with Crippen molar-refractivity contribution in [2.24, 2.45) is 7.05 Å². The number of amides is 1. The highest BCUT2D eigenvalue weighted by Gasteiger charge is 2.16. The quantitative estimate of drug-likeness (QED) is 0.499. The molecule has 32 heavy (non-hydrogen) atoms. The fourth-order valence-corrected chi connectivity index (χ4v) is 3.15. The van der Waals surface area contributed by atoms with E-state index < -0.39 is 11.6 Å². The van der Waals surface area contributed by atoms with Gasteiger partial charge in [0.15, 0.2) is 11.6 Å². The Morgan fingerprint density at radius 3 is 2.44 bits per heavy atom. The molecule has 0 aliphatic rings. The third-order valence-corrected chi connectivity index (χ3v) is 4.87. The molecule has 4 rings (SSSR count). The van der Waals surface area contributed by atoms with Crippen LogP contribution in [0.25, 0.3) is 22.5 Å². The average Bonchev–Trinajstić information content (AvgIpc) is 3.21. The maximum atomic E-state index is 13.5. The van der Waals surface area contributed by atoms with Crippen LogP contribution in [0.3, 0.4) is 0 Å². The van der Waals surface area contributed by atoms with E-state index in [1.165, 1.54) is 23.1 Å². The van der Waals surface area contributed by atoms with Gasteiger partial charge < -0.3 is 10.1 Å². The Hall–Kier alpha value is -4.14. The topological polar surface area (TPSA) is 81.9 Å². The van der Waals surface area contributed by atoms with Gasteiger partial charge in [-0.05, 0) is 54.6 Å². The number of aryl methyl sites for hydroxylation is 1. The molecule has 0 unspecified atom stereocenters. The van der Waals surface area contributed by atoms with Gasteiger partial charge in [-0.1, -0.05) is 0 Å². The number of halogens is 2. The number of ether oxygens (including phenoxy) is 1. The Kier molecular flexibility index (Phi) is 5.89. The van der Waals surface area contributed by atoms with Gasteiger partial charge >= 0.3 is 0 Å². The van der Waals surface area contributed by atoms with Crippen molar-refractivity contribution in [2.45, 2.75) is 6.54 Å². The van der Waals surface area contributed by atoms with Gasteiger partial charge in [0.1, 0.15) is 17.8 Å². The van der Waals surface area contributed by atoms with E-state index in [2.05, 4.69) is 20.4 Å². The molecule has 4 aromatic rings. The first-order valence-corrected chi connectivity index (χ1v) is 9.67. The van der Waals surface area contributed by atoms with E-state index in [4.69, 9.17) is 4.74 Å². The first-order valence-electron chi connectivity index (χ1n) is 9.67. The van der Waals surface area contributed by atoms with E-state index in [1.807, 2.05) is 24.3 Å². The normalized spacial score (nSPS) is 10.8. The van der Waals surface area contributed by atoms with Crippen LogP contribution in [0.15, 0.2) is 60.9 Å². The molecule has 7 nitrogen and oxygen atoms in total. The summed E-state index contributed by atoms with van der Waals surface area (Å²) in [5, 5.41) is 7.02. The van der Waals surface area contributed by atoms with Crippen molar-refractivity contribution in [3.8, 4) is 28.3 Å². The molecule has 1 N–H and O–H groups in total. The van der Waals surface area contributed by atoms with Crippen molar-refractivity contribution in [3.63, 3.8) is 0 Å². The summed E-state index contributed by atoms with van der Waals surface area (Å²) in [4.78, 5) is 21.2. The van der Waals surface area contributed by atoms with Crippen molar-refractivity contribution in [3.05, 3.63) is 83.9 Å². The number of hydrogen-bond donors (Lipinski definition) is 1. The lowest BCUT2D eigenvalue weighted by molar-refractivity contribution is 0.0941. The molecule has 2 heterocycles. The number of nitrogens with one attached hydrogen (secondary N) is 1. The standard InChI is InChI=1S/C23H19F2N5O2/c1-30-22(11-21(29-30)15-5-8-18(24)19(25)9-15)23(31)26-12-16-10-20(28-13-27-16)14-3-6-17(32-2)7-4-14/h3-11,13H,12H2,1-2H3,(H,26,31). The minimum atomic E-state index is -0.976. The zero-order valence-corrected chi connectivity index (χ0v) is 17.3. The lowest BCUT2D eigenvalue weighted by Crippen LogP contribution is -2.25. The summed E-state index contributed by atoms with van der Waals surface area (Å²) in [6.45, 7) is 0.177. The highest BCUT2D eigenvalue weighted by molar-refractivity contribution is 5.93. The van der Waals surface area contributed by atoms with Gasteiger partial charge in [-0.25, -0.2) is 18.7 Å². The van der Waals surface area contributed by atoms with Crippen LogP contribution >= 0.6 is 0 Å². The number of carbonyl (C=O) groups is 1. The summed E-state index contributed by atoms with van der Waals surface area (Å²) in [6, 6.07) is 14.2. The monoisotopic (exact) mass is 435 g/mol. The smallest absolute Gasteiger partial charge is 0.269 e. The predicted octanol–water partition coefficient (Wildman–Crippen LogP) is 3.76. The third-order valence-electron chi connectivity index (χ3n) is 4.87. The fourth-order valence-electron chi connectivity index (χ4n) is 3.15. The third kappa shape index (κ3) is 4.46. The van der Waals surface area contributed by atoms with Crippen LogP contribution in [0.2, 0.25) is 0 Å². The Balaban J connectivity index is 1.47. The van der Waals surface area contributed by atoms with E-state index in [0.717, 1.165) is 23.4 Å². The Bertz CT molecular complexity index is 1270. The summed E-state index contributed by atoms with van der Waals surface area (Å²) in [5.74, 6) is -1.55. The van der Waals surface area contributed by atoms with Gasteiger partial charge in [-0.2, -0.15) is 5.10 Å². The largest absolute Gasteiger partial charge is 0.497 e. The molecule has 0 radical (unpaired) electrons. The molecular weight excluding hydrogens is 416 g/mol. The molecule has 0 aliphatic carbocycles. The van der Waals surface area contributed by atoms with E-state index >= 15 is 0 Å². The average molecular weight is 435 g/mol. The Labute approximate surface area is 182 Å². The molecule has 0 atom stereocenters. The molecule has 9 heteroatoms. The van der Waals surface area contributed by atoms with Gasteiger partial charge in [-0.3, -0.25) is 9.48 Å². The van der Waals surface area contributed by atoms with Crippen LogP contribution in [0.4, 0.5) is 8.78 Å². The molecule has 0 saturated heterocycles. The van der Waals surface area contributed by atoms with E-state index in [0.29, 0.717) is 22.6 Å². The predicted molar refractivity (Wildman–Crippen MR) is 114 cm³/mol. The van der Waals surface area contributed by atoms with Crippen molar-refractivity contribution >= 4 is 5.91 Å². The van der Waals surface area contributed by atoms with Crippen LogP contribution in [-0.4, -0.2) is 32.8 Å². The zero-order valence-electron chi connectivity index (χ0n) is 17.3. The van der Waals surface area contributed by atoms with Crippen molar-refractivity contribution < 1.29 is 18.3 Å². The van der Waals surface area contributed by atoms with Crippen molar-refractivity contribution in [1.29, 1.82) is 0 Å². The number of benzene rings is 2. The summed E-state index contributed by atoms with van der Waals surface area (Å²) in [7, 11) is 3.20. The van der Waals surface area contributed by atoms with Crippen LogP contribution in [0.1, 0.15) is 16.2 Å². The minimum absolute atomic E-state index is 0.177. The highest BCUT2D eigenvalue weighted by atomic mass is 19.2. The van der Waals surface area contributed by atoms with E-state index in [9.17, 15) is 13.6 Å².